The van der Waals surface area contributed by atoms with E-state index in [4.69, 9.17) is 11.6 Å². The standard InChI is InChI=1S/C28H27ClN2O/c1-20(31-27(32)28(15-6-16-28)24-9-3-2-4-10-24)26(18-21-11-13-25(29)14-12-21)23-8-5-7-22(17-23)19-30/h2-5,7-14,17,20,26H,6,15-16,18H2,1H3,(H,31,32)/t20?,26-/m1/s1. The molecule has 1 aliphatic carbocycles. The van der Waals surface area contributed by atoms with Crippen LogP contribution in [0, 0.1) is 11.3 Å². The van der Waals surface area contributed by atoms with E-state index >= 15 is 0 Å². The van der Waals surface area contributed by atoms with Crippen LogP contribution < -0.4 is 5.32 Å². The molecule has 0 heterocycles. The molecule has 32 heavy (non-hydrogen) atoms. The fourth-order valence-corrected chi connectivity index (χ4v) is 4.80. The van der Waals surface area contributed by atoms with Gasteiger partial charge in [0.1, 0.15) is 0 Å². The first-order chi connectivity index (χ1) is 15.5. The molecule has 0 bridgehead atoms. The summed E-state index contributed by atoms with van der Waals surface area (Å²) in [6, 6.07) is 27.8. The van der Waals surface area contributed by atoms with E-state index in [1.807, 2.05) is 66.7 Å². The third kappa shape index (κ3) is 4.56. The molecule has 0 radical (unpaired) electrons. The van der Waals surface area contributed by atoms with Crippen LogP contribution >= 0.6 is 11.6 Å². The summed E-state index contributed by atoms with van der Waals surface area (Å²) in [5.41, 5.74) is 3.48. The van der Waals surface area contributed by atoms with E-state index in [9.17, 15) is 10.1 Å². The van der Waals surface area contributed by atoms with Crippen molar-refractivity contribution in [3.05, 3.63) is 106 Å². The molecule has 2 atom stereocenters. The number of halogens is 1. The Hall–Kier alpha value is -3.09. The van der Waals surface area contributed by atoms with Gasteiger partial charge < -0.3 is 5.32 Å². The van der Waals surface area contributed by atoms with Crippen molar-refractivity contribution in [1.29, 1.82) is 5.26 Å². The zero-order valence-electron chi connectivity index (χ0n) is 18.2. The van der Waals surface area contributed by atoms with Gasteiger partial charge in [0.05, 0.1) is 17.0 Å². The number of rotatable bonds is 7. The van der Waals surface area contributed by atoms with Crippen molar-refractivity contribution in [2.75, 3.05) is 0 Å². The predicted molar refractivity (Wildman–Crippen MR) is 129 cm³/mol. The van der Waals surface area contributed by atoms with E-state index in [0.717, 1.165) is 42.4 Å². The summed E-state index contributed by atoms with van der Waals surface area (Å²) >= 11 is 6.07. The average Bonchev–Trinajstić information content (AvgIpc) is 2.78. The van der Waals surface area contributed by atoms with Gasteiger partial charge in [-0.2, -0.15) is 5.26 Å². The van der Waals surface area contributed by atoms with E-state index in [1.165, 1.54) is 0 Å². The first-order valence-corrected chi connectivity index (χ1v) is 11.5. The van der Waals surface area contributed by atoms with Crippen molar-refractivity contribution in [2.45, 2.75) is 50.0 Å². The molecule has 0 saturated heterocycles. The second-order valence-electron chi connectivity index (χ2n) is 8.74. The number of carbonyl (C=O) groups excluding carboxylic acids is 1. The number of benzene rings is 3. The van der Waals surface area contributed by atoms with Gasteiger partial charge in [-0.1, -0.05) is 72.6 Å². The summed E-state index contributed by atoms with van der Waals surface area (Å²) in [7, 11) is 0. The molecule has 1 aliphatic rings. The molecule has 3 aromatic rings. The van der Waals surface area contributed by atoms with E-state index < -0.39 is 5.41 Å². The largest absolute Gasteiger partial charge is 0.352 e. The van der Waals surface area contributed by atoms with Crippen molar-refractivity contribution >= 4 is 17.5 Å². The molecule has 0 aromatic heterocycles. The Morgan fingerprint density at radius 1 is 1.06 bits per heavy atom. The highest BCUT2D eigenvalue weighted by molar-refractivity contribution is 6.30. The van der Waals surface area contributed by atoms with Crippen molar-refractivity contribution in [1.82, 2.24) is 5.32 Å². The summed E-state index contributed by atoms with van der Waals surface area (Å²) in [4.78, 5) is 13.5. The number of hydrogen-bond donors (Lipinski definition) is 1. The Morgan fingerprint density at radius 3 is 2.41 bits per heavy atom. The SMILES string of the molecule is CC(NC(=O)C1(c2ccccc2)CCC1)[C@@H](Cc1ccc(Cl)cc1)c1cccc(C#N)c1. The fourth-order valence-electron chi connectivity index (χ4n) is 4.68. The lowest BCUT2D eigenvalue weighted by molar-refractivity contribution is -0.130. The van der Waals surface area contributed by atoms with Crippen LogP contribution in [0.4, 0.5) is 0 Å². The normalized spacial score (nSPS) is 16.3. The molecule has 162 valence electrons. The maximum absolute atomic E-state index is 13.5. The number of nitrogens with one attached hydrogen (secondary N) is 1. The highest BCUT2D eigenvalue weighted by Crippen LogP contribution is 2.44. The molecule has 4 heteroatoms. The van der Waals surface area contributed by atoms with Crippen molar-refractivity contribution in [2.24, 2.45) is 0 Å². The van der Waals surface area contributed by atoms with Crippen LogP contribution in [0.2, 0.25) is 5.02 Å². The molecule has 1 amide bonds. The van der Waals surface area contributed by atoms with E-state index in [-0.39, 0.29) is 17.9 Å². The molecule has 1 N–H and O–H groups in total. The van der Waals surface area contributed by atoms with E-state index in [0.29, 0.717) is 10.6 Å². The molecule has 1 fully saturated rings. The lowest BCUT2D eigenvalue weighted by Crippen LogP contribution is -2.52. The average molecular weight is 443 g/mol. The number of nitrogens with zero attached hydrogens (tertiary/aromatic N) is 1. The van der Waals surface area contributed by atoms with E-state index in [2.05, 4.69) is 30.4 Å². The van der Waals surface area contributed by atoms with Crippen molar-refractivity contribution in [3.63, 3.8) is 0 Å². The topological polar surface area (TPSA) is 52.9 Å². The molecule has 3 aromatic carbocycles. The van der Waals surface area contributed by atoms with Crippen LogP contribution in [0.5, 0.6) is 0 Å². The molecular weight excluding hydrogens is 416 g/mol. The Labute approximate surface area is 195 Å². The quantitative estimate of drug-likeness (QED) is 0.476. The predicted octanol–water partition coefficient (Wildman–Crippen LogP) is 6.16. The smallest absolute Gasteiger partial charge is 0.230 e. The molecule has 3 nitrogen and oxygen atoms in total. The van der Waals surface area contributed by atoms with Crippen LogP contribution in [0.25, 0.3) is 0 Å². The third-order valence-corrected chi connectivity index (χ3v) is 7.00. The van der Waals surface area contributed by atoms with Gasteiger partial charge in [-0.05, 0) is 67.1 Å². The minimum Gasteiger partial charge on any atom is -0.352 e. The van der Waals surface area contributed by atoms with E-state index in [1.54, 1.807) is 0 Å². The second-order valence-corrected chi connectivity index (χ2v) is 9.17. The highest BCUT2D eigenvalue weighted by Gasteiger charge is 2.46. The molecule has 0 spiro atoms. The summed E-state index contributed by atoms with van der Waals surface area (Å²) in [5.74, 6) is 0.126. The summed E-state index contributed by atoms with van der Waals surface area (Å²) in [6.07, 6.45) is 3.56. The number of nitriles is 1. The van der Waals surface area contributed by atoms with Crippen molar-refractivity contribution in [3.8, 4) is 6.07 Å². The number of hydrogen-bond acceptors (Lipinski definition) is 2. The van der Waals surface area contributed by atoms with Crippen LogP contribution in [-0.2, 0) is 16.6 Å². The summed E-state index contributed by atoms with van der Waals surface area (Å²) in [5, 5.41) is 13.4. The Balaban J connectivity index is 1.60. The van der Waals surface area contributed by atoms with Gasteiger partial charge >= 0.3 is 0 Å². The Bertz CT molecular complexity index is 1110. The zero-order valence-corrected chi connectivity index (χ0v) is 19.0. The lowest BCUT2D eigenvalue weighted by Gasteiger charge is -2.42. The van der Waals surface area contributed by atoms with Gasteiger partial charge in [-0.3, -0.25) is 4.79 Å². The van der Waals surface area contributed by atoms with Gasteiger partial charge in [-0.15, -0.1) is 0 Å². The third-order valence-electron chi connectivity index (χ3n) is 6.74. The highest BCUT2D eigenvalue weighted by atomic mass is 35.5. The summed E-state index contributed by atoms with van der Waals surface area (Å²) < 4.78 is 0. The van der Waals surface area contributed by atoms with Gasteiger partial charge in [0, 0.05) is 17.0 Å². The van der Waals surface area contributed by atoms with Gasteiger partial charge in [-0.25, -0.2) is 0 Å². The first kappa shape index (κ1) is 22.1. The summed E-state index contributed by atoms with van der Waals surface area (Å²) in [6.45, 7) is 2.06. The number of carbonyl (C=O) groups is 1. The molecule has 1 saturated carbocycles. The Morgan fingerprint density at radius 2 is 1.78 bits per heavy atom. The molecule has 0 aliphatic heterocycles. The number of amides is 1. The lowest BCUT2D eigenvalue weighted by atomic mass is 9.63. The van der Waals surface area contributed by atoms with Gasteiger partial charge in [0.2, 0.25) is 5.91 Å². The fraction of sp³-hybridized carbons (Fsp3) is 0.286. The monoisotopic (exact) mass is 442 g/mol. The Kier molecular flexibility index (Phi) is 6.63. The second kappa shape index (κ2) is 9.59. The maximum atomic E-state index is 13.5. The van der Waals surface area contributed by atoms with Crippen LogP contribution in [0.15, 0.2) is 78.9 Å². The zero-order chi connectivity index (χ0) is 22.6. The minimum atomic E-state index is -0.436. The molecule has 4 rings (SSSR count). The maximum Gasteiger partial charge on any atom is 0.230 e. The van der Waals surface area contributed by atoms with Crippen LogP contribution in [0.1, 0.15) is 54.4 Å². The molecule has 1 unspecified atom stereocenters. The van der Waals surface area contributed by atoms with Crippen LogP contribution in [-0.4, -0.2) is 11.9 Å². The van der Waals surface area contributed by atoms with Crippen molar-refractivity contribution < 1.29 is 4.79 Å². The van der Waals surface area contributed by atoms with Gasteiger partial charge in [0.25, 0.3) is 0 Å². The first-order valence-electron chi connectivity index (χ1n) is 11.1. The molecular formula is C28H27ClN2O. The van der Waals surface area contributed by atoms with Crippen LogP contribution in [0.3, 0.4) is 0 Å². The minimum absolute atomic E-state index is 0.0290. The van der Waals surface area contributed by atoms with Gasteiger partial charge in [0.15, 0.2) is 0 Å².